The zero-order valence-corrected chi connectivity index (χ0v) is 30.7. The normalized spacial score (nSPS) is 26.5. The van der Waals surface area contributed by atoms with Gasteiger partial charge in [0.15, 0.2) is 0 Å². The Morgan fingerprint density at radius 2 is 1.96 bits per heavy atom. The van der Waals surface area contributed by atoms with E-state index in [0.717, 1.165) is 44.3 Å². The smallest absolute Gasteiger partial charge is 0.286 e. The number of ether oxygens (including phenoxy) is 3. The maximum Gasteiger partial charge on any atom is 0.286 e. The van der Waals surface area contributed by atoms with Crippen molar-refractivity contribution in [1.29, 1.82) is 0 Å². The van der Waals surface area contributed by atoms with Crippen molar-refractivity contribution in [3.05, 3.63) is 82.0 Å². The van der Waals surface area contributed by atoms with Gasteiger partial charge in [0.1, 0.15) is 21.2 Å². The van der Waals surface area contributed by atoms with Gasteiger partial charge < -0.3 is 19.1 Å². The molecule has 11 nitrogen and oxygen atoms in total. The van der Waals surface area contributed by atoms with E-state index in [0.29, 0.717) is 42.2 Å². The molecular formula is C37H46ClN5O6S. The molecule has 0 radical (unpaired) electrons. The van der Waals surface area contributed by atoms with E-state index in [1.807, 2.05) is 13.0 Å². The highest BCUT2D eigenvalue weighted by atomic mass is 35.5. The number of hydrogen-bond donors (Lipinski definition) is 1. The summed E-state index contributed by atoms with van der Waals surface area (Å²) in [5, 5.41) is 4.85. The maximum atomic E-state index is 14.6. The number of nitrogens with zero attached hydrogens (tertiary/aromatic N) is 4. The SMILES string of the molecule is COc1nn(C)cc1C(=O)NS1(=O)=NC(=O)c2ccc3c(c2)N(Cc2ccc(Cl)cc2CCCCO3)C[C@@H]2CC[C@H]2[C@@H](OC)/C=C/C[C@H](C)C1. The Bertz CT molecular complexity index is 1890. The molecule has 1 fully saturated rings. The lowest BCUT2D eigenvalue weighted by atomic mass is 9.70. The van der Waals surface area contributed by atoms with Gasteiger partial charge in [-0.15, -0.1) is 9.46 Å². The third kappa shape index (κ3) is 8.19. The van der Waals surface area contributed by atoms with Gasteiger partial charge in [-0.05, 0) is 97.7 Å². The highest BCUT2D eigenvalue weighted by Gasteiger charge is 2.38. The Labute approximate surface area is 299 Å². The number of amides is 2. The first kappa shape index (κ1) is 35.9. The third-order valence-electron chi connectivity index (χ3n) is 9.89. The van der Waals surface area contributed by atoms with E-state index in [9.17, 15) is 13.8 Å². The number of rotatable bonds is 4. The molecule has 3 heterocycles. The quantitative estimate of drug-likeness (QED) is 0.307. The first-order valence-corrected chi connectivity index (χ1v) is 19.3. The lowest BCUT2D eigenvalue weighted by Crippen LogP contribution is -2.43. The second-order valence-electron chi connectivity index (χ2n) is 13.6. The molecule has 2 bridgehead atoms. The average molecular weight is 724 g/mol. The molecule has 5 atom stereocenters. The monoisotopic (exact) mass is 723 g/mol. The lowest BCUT2D eigenvalue weighted by Gasteiger charge is -2.43. The molecular weight excluding hydrogens is 678 g/mol. The van der Waals surface area contributed by atoms with E-state index in [1.165, 1.54) is 29.1 Å². The summed E-state index contributed by atoms with van der Waals surface area (Å²) in [6.45, 7) is 3.76. The molecule has 0 saturated heterocycles. The zero-order valence-electron chi connectivity index (χ0n) is 29.1. The molecule has 1 N–H and O–H groups in total. The fraction of sp³-hybridized carbons (Fsp3) is 0.486. The number of halogens is 1. The largest absolute Gasteiger partial charge is 0.491 e. The number of carbonyl (C=O) groups is 2. The van der Waals surface area contributed by atoms with Crippen LogP contribution >= 0.6 is 11.6 Å². The summed E-state index contributed by atoms with van der Waals surface area (Å²) >= 11 is 6.46. The van der Waals surface area contributed by atoms with Gasteiger partial charge in [0.25, 0.3) is 11.8 Å². The van der Waals surface area contributed by atoms with Gasteiger partial charge in [0.2, 0.25) is 5.88 Å². The summed E-state index contributed by atoms with van der Waals surface area (Å²) < 4.78 is 40.5. The lowest BCUT2D eigenvalue weighted by molar-refractivity contribution is 0.0133. The minimum Gasteiger partial charge on any atom is -0.491 e. The molecule has 2 aliphatic heterocycles. The fourth-order valence-electron chi connectivity index (χ4n) is 7.15. The van der Waals surface area contributed by atoms with Crippen molar-refractivity contribution in [3.8, 4) is 11.6 Å². The maximum absolute atomic E-state index is 14.6. The van der Waals surface area contributed by atoms with Crippen LogP contribution in [0.3, 0.4) is 0 Å². The second kappa shape index (κ2) is 15.6. The molecule has 2 amide bonds. The van der Waals surface area contributed by atoms with E-state index in [2.05, 4.69) is 43.4 Å². The molecule has 6 rings (SSSR count). The van der Waals surface area contributed by atoms with Crippen molar-refractivity contribution in [2.24, 2.45) is 29.2 Å². The number of methoxy groups -OCH3 is 2. The molecule has 13 heteroatoms. The first-order valence-electron chi connectivity index (χ1n) is 17.2. The van der Waals surface area contributed by atoms with Crippen molar-refractivity contribution in [2.75, 3.05) is 38.0 Å². The van der Waals surface area contributed by atoms with Crippen LogP contribution in [-0.2, 0) is 34.7 Å². The Kier molecular flexibility index (Phi) is 11.2. The van der Waals surface area contributed by atoms with Gasteiger partial charge in [-0.3, -0.25) is 19.0 Å². The van der Waals surface area contributed by atoms with Crippen LogP contribution in [-0.4, -0.2) is 65.0 Å². The van der Waals surface area contributed by atoms with Gasteiger partial charge in [0.05, 0.1) is 31.3 Å². The predicted molar refractivity (Wildman–Crippen MR) is 194 cm³/mol. The number of aromatic nitrogens is 2. The van der Waals surface area contributed by atoms with Crippen LogP contribution in [0, 0.1) is 17.8 Å². The molecule has 1 aliphatic carbocycles. The van der Waals surface area contributed by atoms with Crippen molar-refractivity contribution in [3.63, 3.8) is 0 Å². The topological polar surface area (TPSA) is 124 Å². The van der Waals surface area contributed by atoms with Crippen LogP contribution in [0.1, 0.15) is 70.9 Å². The summed E-state index contributed by atoms with van der Waals surface area (Å²) in [6.07, 6.45) is 10.9. The van der Waals surface area contributed by atoms with Gasteiger partial charge in [0, 0.05) is 44.0 Å². The highest BCUT2D eigenvalue weighted by Crippen LogP contribution is 2.42. The van der Waals surface area contributed by atoms with Crippen LogP contribution in [0.15, 0.2) is 59.1 Å². The fourth-order valence-corrected chi connectivity index (χ4v) is 9.23. The number of anilines is 1. The molecule has 1 aromatic heterocycles. The van der Waals surface area contributed by atoms with Crippen LogP contribution in [0.4, 0.5) is 5.69 Å². The minimum absolute atomic E-state index is 0.0411. The standard InChI is InChI=1S/C37H46ClN5O6S/c1-24-8-7-10-33(47-3)30-15-12-28(30)21-43-20-27-11-14-29(38)18-25(27)9-5-6-17-49-34-16-13-26(19-32(34)43)35(44)40-50(46,23-24)41-36(45)31-22-42(2)39-37(31)48-4/h7,10-11,13-14,16,18-19,22,24,28,30,33H,5-6,8-9,12,15,17,20-21,23H2,1-4H3,(H,40,41,44,45,46)/b10-7+/t24-,28-,30+,33-,50?/m0/s1. The average Bonchev–Trinajstić information content (AvgIpc) is 3.45. The van der Waals surface area contributed by atoms with Crippen LogP contribution in [0.5, 0.6) is 11.6 Å². The van der Waals surface area contributed by atoms with Crippen molar-refractivity contribution < 1.29 is 28.0 Å². The number of benzene rings is 2. The number of fused-ring (bicyclic) bond motifs is 3. The molecule has 268 valence electrons. The van der Waals surface area contributed by atoms with Gasteiger partial charge in [-0.1, -0.05) is 36.7 Å². The number of allylic oxidation sites excluding steroid dienone is 1. The predicted octanol–water partition coefficient (Wildman–Crippen LogP) is 6.39. The zero-order chi connectivity index (χ0) is 35.4. The van der Waals surface area contributed by atoms with Gasteiger partial charge in [-0.25, -0.2) is 4.21 Å². The number of aryl methyl sites for hydroxylation is 2. The summed E-state index contributed by atoms with van der Waals surface area (Å²) in [5.74, 6) is -0.185. The summed E-state index contributed by atoms with van der Waals surface area (Å²) in [6, 6.07) is 11.3. The van der Waals surface area contributed by atoms with Crippen LogP contribution in [0.2, 0.25) is 5.02 Å². The molecule has 1 unspecified atom stereocenters. The number of hydrogen-bond acceptors (Lipinski definition) is 8. The Morgan fingerprint density at radius 3 is 2.72 bits per heavy atom. The van der Waals surface area contributed by atoms with Crippen LogP contribution in [0.25, 0.3) is 0 Å². The molecule has 0 spiro atoms. The number of nitrogens with one attached hydrogen (secondary N) is 1. The minimum atomic E-state index is -3.60. The van der Waals surface area contributed by atoms with E-state index < -0.39 is 21.7 Å². The summed E-state index contributed by atoms with van der Waals surface area (Å²) in [7, 11) is 1.20. The van der Waals surface area contributed by atoms with Gasteiger partial charge >= 0.3 is 0 Å². The first-order chi connectivity index (χ1) is 24.1. The van der Waals surface area contributed by atoms with Crippen molar-refractivity contribution >= 4 is 39.0 Å². The van der Waals surface area contributed by atoms with Crippen molar-refractivity contribution in [1.82, 2.24) is 14.5 Å². The van der Waals surface area contributed by atoms with E-state index >= 15 is 0 Å². The van der Waals surface area contributed by atoms with Gasteiger partial charge in [-0.2, -0.15) is 0 Å². The summed E-state index contributed by atoms with van der Waals surface area (Å²) in [5.41, 5.74) is 3.48. The number of carbonyl (C=O) groups excluding carboxylic acids is 2. The van der Waals surface area contributed by atoms with Crippen LogP contribution < -0.4 is 19.1 Å². The molecule has 3 aromatic rings. The molecule has 50 heavy (non-hydrogen) atoms. The van der Waals surface area contributed by atoms with Crippen molar-refractivity contribution in [2.45, 2.75) is 58.1 Å². The highest BCUT2D eigenvalue weighted by molar-refractivity contribution is 7.92. The molecule has 1 saturated carbocycles. The molecule has 2 aromatic carbocycles. The molecule has 3 aliphatic rings. The summed E-state index contributed by atoms with van der Waals surface area (Å²) in [4.78, 5) is 29.8. The Balaban J connectivity index is 1.45. The Morgan fingerprint density at radius 1 is 1.12 bits per heavy atom. The third-order valence-corrected chi connectivity index (χ3v) is 12.1. The Hall–Kier alpha value is -3.87. The second-order valence-corrected chi connectivity index (χ2v) is 16.1. The van der Waals surface area contributed by atoms with E-state index in [4.69, 9.17) is 25.8 Å². The van der Waals surface area contributed by atoms with E-state index in [-0.39, 0.29) is 34.8 Å². The van der Waals surface area contributed by atoms with E-state index in [1.54, 1.807) is 32.4 Å².